The zero-order valence-electron chi connectivity index (χ0n) is 11.3. The average Bonchev–Trinajstić information content (AvgIpc) is 3.09. The standard InChI is InChI=1S/C15H16N4O/c1-12-7-17-15(20-12)10-16-8-13-9-18-19(11-13)14-5-3-2-4-6-14/h2-7,9,11,16H,8,10H2,1H3. The molecule has 102 valence electrons. The smallest absolute Gasteiger partial charge is 0.208 e. The third-order valence-corrected chi connectivity index (χ3v) is 2.93. The fraction of sp³-hybridized carbons (Fsp3) is 0.200. The van der Waals surface area contributed by atoms with Gasteiger partial charge in [-0.3, -0.25) is 0 Å². The van der Waals surface area contributed by atoms with E-state index in [0.29, 0.717) is 12.4 Å². The normalized spacial score (nSPS) is 10.8. The molecule has 1 aromatic carbocycles. The van der Waals surface area contributed by atoms with Gasteiger partial charge in [-0.15, -0.1) is 0 Å². The van der Waals surface area contributed by atoms with Crippen LogP contribution in [-0.4, -0.2) is 14.8 Å². The number of oxazole rings is 1. The molecule has 0 aliphatic carbocycles. The Morgan fingerprint density at radius 3 is 2.75 bits per heavy atom. The Hall–Kier alpha value is -2.40. The number of para-hydroxylation sites is 1. The van der Waals surface area contributed by atoms with Crippen LogP contribution in [0.15, 0.2) is 53.3 Å². The van der Waals surface area contributed by atoms with Gasteiger partial charge in [0.2, 0.25) is 5.89 Å². The van der Waals surface area contributed by atoms with Gasteiger partial charge in [-0.25, -0.2) is 9.67 Å². The van der Waals surface area contributed by atoms with E-state index in [1.165, 1.54) is 0 Å². The largest absolute Gasteiger partial charge is 0.445 e. The van der Waals surface area contributed by atoms with Crippen molar-refractivity contribution in [2.24, 2.45) is 0 Å². The first-order chi connectivity index (χ1) is 9.81. The van der Waals surface area contributed by atoms with Gasteiger partial charge in [0.05, 0.1) is 24.6 Å². The Morgan fingerprint density at radius 2 is 2.00 bits per heavy atom. The van der Waals surface area contributed by atoms with Crippen molar-refractivity contribution in [1.29, 1.82) is 0 Å². The molecule has 0 atom stereocenters. The van der Waals surface area contributed by atoms with Crippen molar-refractivity contribution in [1.82, 2.24) is 20.1 Å². The molecule has 2 heterocycles. The van der Waals surface area contributed by atoms with Crippen LogP contribution in [-0.2, 0) is 13.1 Å². The molecule has 0 bridgehead atoms. The summed E-state index contributed by atoms with van der Waals surface area (Å²) in [6.45, 7) is 3.24. The molecule has 0 aliphatic rings. The summed E-state index contributed by atoms with van der Waals surface area (Å²) >= 11 is 0. The number of nitrogens with zero attached hydrogens (tertiary/aromatic N) is 3. The summed E-state index contributed by atoms with van der Waals surface area (Å²) in [5, 5.41) is 7.64. The number of aryl methyl sites for hydroxylation is 1. The van der Waals surface area contributed by atoms with Gasteiger partial charge in [-0.05, 0) is 19.1 Å². The van der Waals surface area contributed by atoms with Crippen LogP contribution in [0.4, 0.5) is 0 Å². The highest BCUT2D eigenvalue weighted by molar-refractivity contribution is 5.30. The molecule has 0 saturated carbocycles. The van der Waals surface area contributed by atoms with Crippen LogP contribution in [0.25, 0.3) is 5.69 Å². The molecule has 1 N–H and O–H groups in total. The van der Waals surface area contributed by atoms with Crippen molar-refractivity contribution in [2.45, 2.75) is 20.0 Å². The summed E-state index contributed by atoms with van der Waals surface area (Å²) in [5.74, 6) is 1.54. The van der Waals surface area contributed by atoms with E-state index in [1.54, 1.807) is 6.20 Å². The second-order valence-corrected chi connectivity index (χ2v) is 4.60. The van der Waals surface area contributed by atoms with Crippen molar-refractivity contribution in [2.75, 3.05) is 0 Å². The van der Waals surface area contributed by atoms with Crippen molar-refractivity contribution in [3.05, 3.63) is 66.1 Å². The number of hydrogen-bond acceptors (Lipinski definition) is 4. The Labute approximate surface area is 117 Å². The van der Waals surface area contributed by atoms with Gasteiger partial charge in [0, 0.05) is 18.3 Å². The summed E-state index contributed by atoms with van der Waals surface area (Å²) in [4.78, 5) is 4.15. The van der Waals surface area contributed by atoms with Crippen molar-refractivity contribution in [3.8, 4) is 5.69 Å². The monoisotopic (exact) mass is 268 g/mol. The molecule has 20 heavy (non-hydrogen) atoms. The molecule has 3 aromatic rings. The van der Waals surface area contributed by atoms with Crippen LogP contribution in [0, 0.1) is 6.92 Å². The van der Waals surface area contributed by atoms with E-state index in [9.17, 15) is 0 Å². The summed E-state index contributed by atoms with van der Waals surface area (Å²) < 4.78 is 7.27. The van der Waals surface area contributed by atoms with Gasteiger partial charge < -0.3 is 9.73 Å². The van der Waals surface area contributed by atoms with E-state index in [1.807, 2.05) is 54.3 Å². The highest BCUT2D eigenvalue weighted by atomic mass is 16.4. The lowest BCUT2D eigenvalue weighted by atomic mass is 10.3. The van der Waals surface area contributed by atoms with E-state index in [2.05, 4.69) is 15.4 Å². The molecule has 2 aromatic heterocycles. The van der Waals surface area contributed by atoms with Crippen molar-refractivity contribution < 1.29 is 4.42 Å². The molecule has 0 saturated heterocycles. The average molecular weight is 268 g/mol. The molecule has 3 rings (SSSR count). The number of rotatable bonds is 5. The van der Waals surface area contributed by atoms with Crippen LogP contribution >= 0.6 is 0 Å². The minimum atomic E-state index is 0.615. The maximum absolute atomic E-state index is 5.40. The lowest BCUT2D eigenvalue weighted by molar-refractivity contribution is 0.449. The number of aromatic nitrogens is 3. The third kappa shape index (κ3) is 2.95. The lowest BCUT2D eigenvalue weighted by Crippen LogP contribution is -2.12. The van der Waals surface area contributed by atoms with Crippen LogP contribution in [0.3, 0.4) is 0 Å². The molecular formula is C15H16N4O. The van der Waals surface area contributed by atoms with E-state index in [0.717, 1.165) is 23.6 Å². The molecule has 0 unspecified atom stereocenters. The molecule has 0 amide bonds. The fourth-order valence-corrected chi connectivity index (χ4v) is 1.97. The first kappa shape index (κ1) is 12.6. The number of benzene rings is 1. The topological polar surface area (TPSA) is 55.9 Å². The number of hydrogen-bond donors (Lipinski definition) is 1. The zero-order chi connectivity index (χ0) is 13.8. The highest BCUT2D eigenvalue weighted by Gasteiger charge is 2.02. The minimum Gasteiger partial charge on any atom is -0.445 e. The molecule has 0 aliphatic heterocycles. The molecular weight excluding hydrogens is 252 g/mol. The third-order valence-electron chi connectivity index (χ3n) is 2.93. The Bertz CT molecular complexity index is 672. The lowest BCUT2D eigenvalue weighted by Gasteiger charge is -2.00. The second-order valence-electron chi connectivity index (χ2n) is 4.60. The first-order valence-electron chi connectivity index (χ1n) is 6.52. The van der Waals surface area contributed by atoms with Gasteiger partial charge in [0.25, 0.3) is 0 Å². The molecule has 5 heteroatoms. The highest BCUT2D eigenvalue weighted by Crippen LogP contribution is 2.08. The minimum absolute atomic E-state index is 0.615. The van der Waals surface area contributed by atoms with Gasteiger partial charge in [0.1, 0.15) is 5.76 Å². The van der Waals surface area contributed by atoms with E-state index in [-0.39, 0.29) is 0 Å². The van der Waals surface area contributed by atoms with Crippen LogP contribution in [0.5, 0.6) is 0 Å². The summed E-state index contributed by atoms with van der Waals surface area (Å²) in [7, 11) is 0. The van der Waals surface area contributed by atoms with Gasteiger partial charge >= 0.3 is 0 Å². The second kappa shape index (κ2) is 5.71. The first-order valence-corrected chi connectivity index (χ1v) is 6.52. The van der Waals surface area contributed by atoms with Crippen LogP contribution in [0.2, 0.25) is 0 Å². The van der Waals surface area contributed by atoms with E-state index < -0.39 is 0 Å². The predicted molar refractivity (Wildman–Crippen MR) is 75.3 cm³/mol. The predicted octanol–water partition coefficient (Wildman–Crippen LogP) is 2.46. The van der Waals surface area contributed by atoms with Crippen LogP contribution < -0.4 is 5.32 Å². The fourth-order valence-electron chi connectivity index (χ4n) is 1.97. The quantitative estimate of drug-likeness (QED) is 0.772. The molecule has 5 nitrogen and oxygen atoms in total. The van der Waals surface area contributed by atoms with Gasteiger partial charge in [-0.2, -0.15) is 5.10 Å². The Kier molecular flexibility index (Phi) is 3.60. The summed E-state index contributed by atoms with van der Waals surface area (Å²) in [5.41, 5.74) is 2.18. The summed E-state index contributed by atoms with van der Waals surface area (Å²) in [6.07, 6.45) is 5.61. The van der Waals surface area contributed by atoms with Gasteiger partial charge in [0.15, 0.2) is 0 Å². The summed E-state index contributed by atoms with van der Waals surface area (Å²) in [6, 6.07) is 10.0. The Balaban J connectivity index is 1.58. The van der Waals surface area contributed by atoms with Crippen molar-refractivity contribution in [3.63, 3.8) is 0 Å². The Morgan fingerprint density at radius 1 is 1.15 bits per heavy atom. The van der Waals surface area contributed by atoms with E-state index in [4.69, 9.17) is 4.42 Å². The number of nitrogens with one attached hydrogen (secondary N) is 1. The van der Waals surface area contributed by atoms with E-state index >= 15 is 0 Å². The van der Waals surface area contributed by atoms with Crippen LogP contribution in [0.1, 0.15) is 17.2 Å². The maximum Gasteiger partial charge on any atom is 0.208 e. The van der Waals surface area contributed by atoms with Gasteiger partial charge in [-0.1, -0.05) is 18.2 Å². The molecule has 0 radical (unpaired) electrons. The molecule has 0 fully saturated rings. The zero-order valence-corrected chi connectivity index (χ0v) is 11.3. The maximum atomic E-state index is 5.40. The molecule has 0 spiro atoms. The SMILES string of the molecule is Cc1cnc(CNCc2cnn(-c3ccccc3)c2)o1. The van der Waals surface area contributed by atoms with Crippen molar-refractivity contribution >= 4 is 0 Å².